The maximum Gasteiger partial charge on any atom is 0.264 e. The Balaban J connectivity index is 1.44. The zero-order valence-electron chi connectivity index (χ0n) is 19.4. The van der Waals surface area contributed by atoms with Crippen molar-refractivity contribution in [3.8, 4) is 0 Å². The van der Waals surface area contributed by atoms with Crippen LogP contribution in [0, 0.1) is 13.8 Å². The Bertz CT molecular complexity index is 1640. The van der Waals surface area contributed by atoms with Crippen LogP contribution in [0.1, 0.15) is 11.1 Å². The molecule has 0 saturated carbocycles. The Hall–Kier alpha value is -4.10. The van der Waals surface area contributed by atoms with Gasteiger partial charge >= 0.3 is 0 Å². The fourth-order valence-electron chi connectivity index (χ4n) is 4.00. The lowest BCUT2D eigenvalue weighted by Gasteiger charge is -2.24. The summed E-state index contributed by atoms with van der Waals surface area (Å²) in [5.74, 6) is -0.461. The van der Waals surface area contributed by atoms with Gasteiger partial charge in [0.1, 0.15) is 17.7 Å². The highest BCUT2D eigenvalue weighted by molar-refractivity contribution is 7.92. The first-order valence-electron chi connectivity index (χ1n) is 11.2. The van der Waals surface area contributed by atoms with Crippen LogP contribution in [0.3, 0.4) is 0 Å². The van der Waals surface area contributed by atoms with Crippen LogP contribution in [-0.2, 0) is 14.8 Å². The van der Waals surface area contributed by atoms with Crippen molar-refractivity contribution in [3.63, 3.8) is 0 Å². The lowest BCUT2D eigenvalue weighted by Crippen LogP contribution is -2.38. The third-order valence-electron chi connectivity index (χ3n) is 5.88. The number of fused-ring (bicyclic) bond motifs is 3. The number of anilines is 2. The molecule has 1 aromatic heterocycles. The SMILES string of the molecule is Cc1ccc(N(CC(=O)Nc2ccc3c(c2)oc2ccccc23)S(=O)(=O)c2ccc(C)cc2)cc1. The van der Waals surface area contributed by atoms with Crippen LogP contribution in [0.15, 0.2) is 100 Å². The van der Waals surface area contributed by atoms with Crippen LogP contribution in [-0.4, -0.2) is 20.9 Å². The monoisotopic (exact) mass is 484 g/mol. The number of furan rings is 1. The van der Waals surface area contributed by atoms with E-state index in [1.165, 1.54) is 0 Å². The number of nitrogens with one attached hydrogen (secondary N) is 1. The molecule has 6 nitrogen and oxygen atoms in total. The number of amides is 1. The van der Waals surface area contributed by atoms with E-state index >= 15 is 0 Å². The number of benzene rings is 4. The molecule has 0 saturated heterocycles. The van der Waals surface area contributed by atoms with E-state index in [4.69, 9.17) is 4.42 Å². The minimum absolute atomic E-state index is 0.125. The van der Waals surface area contributed by atoms with Gasteiger partial charge in [0.05, 0.1) is 10.6 Å². The number of rotatable bonds is 6. The highest BCUT2D eigenvalue weighted by atomic mass is 32.2. The van der Waals surface area contributed by atoms with Crippen molar-refractivity contribution in [2.24, 2.45) is 0 Å². The summed E-state index contributed by atoms with van der Waals surface area (Å²) in [4.78, 5) is 13.2. The fourth-order valence-corrected chi connectivity index (χ4v) is 5.42. The van der Waals surface area contributed by atoms with Crippen LogP contribution in [0.2, 0.25) is 0 Å². The second-order valence-electron chi connectivity index (χ2n) is 8.52. The van der Waals surface area contributed by atoms with Crippen molar-refractivity contribution in [2.75, 3.05) is 16.2 Å². The third kappa shape index (κ3) is 4.50. The van der Waals surface area contributed by atoms with E-state index in [-0.39, 0.29) is 11.4 Å². The molecule has 7 heteroatoms. The zero-order valence-corrected chi connectivity index (χ0v) is 20.2. The van der Waals surface area contributed by atoms with Gasteiger partial charge in [0, 0.05) is 22.5 Å². The molecule has 0 radical (unpaired) electrons. The van der Waals surface area contributed by atoms with E-state index < -0.39 is 15.9 Å². The molecule has 0 atom stereocenters. The topological polar surface area (TPSA) is 79.6 Å². The highest BCUT2D eigenvalue weighted by Gasteiger charge is 2.27. The Morgan fingerprint density at radius 3 is 2.14 bits per heavy atom. The molecule has 5 aromatic rings. The van der Waals surface area contributed by atoms with Crippen molar-refractivity contribution in [1.82, 2.24) is 0 Å². The first-order chi connectivity index (χ1) is 16.8. The first kappa shape index (κ1) is 22.7. The summed E-state index contributed by atoms with van der Waals surface area (Å²) in [7, 11) is -3.97. The average Bonchev–Trinajstić information content (AvgIpc) is 3.21. The van der Waals surface area contributed by atoms with Crippen molar-refractivity contribution in [2.45, 2.75) is 18.7 Å². The van der Waals surface area contributed by atoms with E-state index in [2.05, 4.69) is 5.32 Å². The molecule has 1 heterocycles. The minimum Gasteiger partial charge on any atom is -0.456 e. The molecule has 1 N–H and O–H groups in total. The first-order valence-corrected chi connectivity index (χ1v) is 12.6. The molecule has 0 unspecified atom stereocenters. The number of carbonyl (C=O) groups is 1. The number of sulfonamides is 1. The lowest BCUT2D eigenvalue weighted by molar-refractivity contribution is -0.114. The largest absolute Gasteiger partial charge is 0.456 e. The van der Waals surface area contributed by atoms with Gasteiger partial charge in [-0.15, -0.1) is 0 Å². The predicted octanol–water partition coefficient (Wildman–Crippen LogP) is 6.04. The summed E-state index contributed by atoms with van der Waals surface area (Å²) in [5.41, 5.74) is 4.29. The molecule has 0 aliphatic carbocycles. The molecule has 0 aliphatic rings. The molecule has 176 valence electrons. The average molecular weight is 485 g/mol. The van der Waals surface area contributed by atoms with Crippen LogP contribution in [0.25, 0.3) is 21.9 Å². The normalized spacial score (nSPS) is 11.6. The minimum atomic E-state index is -3.97. The van der Waals surface area contributed by atoms with Gasteiger partial charge < -0.3 is 9.73 Å². The van der Waals surface area contributed by atoms with Gasteiger partial charge in [-0.25, -0.2) is 8.42 Å². The van der Waals surface area contributed by atoms with Crippen molar-refractivity contribution in [1.29, 1.82) is 0 Å². The van der Waals surface area contributed by atoms with Crippen molar-refractivity contribution < 1.29 is 17.6 Å². The molecule has 0 aliphatic heterocycles. The van der Waals surface area contributed by atoms with Gasteiger partial charge in [0.15, 0.2) is 0 Å². The molecule has 0 spiro atoms. The van der Waals surface area contributed by atoms with Crippen molar-refractivity contribution >= 4 is 49.2 Å². The summed E-state index contributed by atoms with van der Waals surface area (Å²) < 4.78 is 34.1. The predicted molar refractivity (Wildman–Crippen MR) is 139 cm³/mol. The molecule has 5 rings (SSSR count). The summed E-state index contributed by atoms with van der Waals surface area (Å²) in [6.07, 6.45) is 0. The van der Waals surface area contributed by atoms with Gasteiger partial charge in [-0.3, -0.25) is 9.10 Å². The van der Waals surface area contributed by atoms with Gasteiger partial charge in [0.25, 0.3) is 10.0 Å². The smallest absolute Gasteiger partial charge is 0.264 e. The Labute approximate surface area is 203 Å². The number of aryl methyl sites for hydroxylation is 2. The second kappa shape index (κ2) is 8.92. The van der Waals surface area contributed by atoms with Gasteiger partial charge in [-0.05, 0) is 56.3 Å². The second-order valence-corrected chi connectivity index (χ2v) is 10.4. The molecular weight excluding hydrogens is 460 g/mol. The standard InChI is InChI=1S/C28H24N2O4S/c1-19-7-12-22(13-8-19)30(35(32,33)23-14-9-20(2)10-15-23)18-28(31)29-21-11-16-25-24-5-3-4-6-26(24)34-27(25)17-21/h3-17H,18H2,1-2H3,(H,29,31). The molecule has 4 aromatic carbocycles. The third-order valence-corrected chi connectivity index (χ3v) is 7.67. The van der Waals surface area contributed by atoms with E-state index in [0.717, 1.165) is 31.8 Å². The Morgan fingerprint density at radius 2 is 1.43 bits per heavy atom. The summed E-state index contributed by atoms with van der Waals surface area (Å²) in [5, 5.41) is 4.76. The number of nitrogens with zero attached hydrogens (tertiary/aromatic N) is 1. The molecule has 0 fully saturated rings. The van der Waals surface area contributed by atoms with E-state index in [1.807, 2.05) is 56.3 Å². The molecule has 35 heavy (non-hydrogen) atoms. The van der Waals surface area contributed by atoms with Crippen LogP contribution < -0.4 is 9.62 Å². The van der Waals surface area contributed by atoms with E-state index in [1.54, 1.807) is 48.5 Å². The molecular formula is C28H24N2O4S. The number of para-hydroxylation sites is 1. The number of hydrogen-bond donors (Lipinski definition) is 1. The van der Waals surface area contributed by atoms with E-state index in [0.29, 0.717) is 17.0 Å². The lowest BCUT2D eigenvalue weighted by atomic mass is 10.1. The van der Waals surface area contributed by atoms with Gasteiger partial charge in [0.2, 0.25) is 5.91 Å². The van der Waals surface area contributed by atoms with Crippen LogP contribution in [0.4, 0.5) is 11.4 Å². The zero-order chi connectivity index (χ0) is 24.6. The maximum absolute atomic E-state index is 13.5. The Kier molecular flexibility index (Phi) is 5.78. The summed E-state index contributed by atoms with van der Waals surface area (Å²) in [6, 6.07) is 26.8. The number of carbonyl (C=O) groups excluding carboxylic acids is 1. The Morgan fingerprint density at radius 1 is 0.800 bits per heavy atom. The summed E-state index contributed by atoms with van der Waals surface area (Å²) in [6.45, 7) is 3.43. The fraction of sp³-hybridized carbons (Fsp3) is 0.107. The van der Waals surface area contributed by atoms with E-state index in [9.17, 15) is 13.2 Å². The highest BCUT2D eigenvalue weighted by Crippen LogP contribution is 2.30. The summed E-state index contributed by atoms with van der Waals surface area (Å²) >= 11 is 0. The van der Waals surface area contributed by atoms with Crippen LogP contribution in [0.5, 0.6) is 0 Å². The number of hydrogen-bond acceptors (Lipinski definition) is 4. The molecule has 0 bridgehead atoms. The van der Waals surface area contributed by atoms with Gasteiger partial charge in [-0.1, -0.05) is 53.6 Å². The van der Waals surface area contributed by atoms with Crippen molar-refractivity contribution in [3.05, 3.63) is 102 Å². The van der Waals surface area contributed by atoms with Gasteiger partial charge in [-0.2, -0.15) is 0 Å². The van der Waals surface area contributed by atoms with Crippen LogP contribution >= 0.6 is 0 Å². The molecule has 1 amide bonds. The quantitative estimate of drug-likeness (QED) is 0.319. The maximum atomic E-state index is 13.5.